The normalized spacial score (nSPS) is 33.4. The fraction of sp³-hybridized carbons (Fsp3) is 1.00. The molecule has 0 aromatic carbocycles. The van der Waals surface area contributed by atoms with Crippen molar-refractivity contribution in [1.82, 2.24) is 0 Å². The van der Waals surface area contributed by atoms with Crippen LogP contribution in [0.25, 0.3) is 0 Å². The molecular formula is C36H70O19. The topological polar surface area (TPSA) is 263 Å². The minimum absolute atomic E-state index is 0.0553. The zero-order chi connectivity index (χ0) is 41.2. The van der Waals surface area contributed by atoms with Crippen molar-refractivity contribution in [3.63, 3.8) is 0 Å². The third-order valence-electron chi connectivity index (χ3n) is 7.91. The van der Waals surface area contributed by atoms with Crippen LogP contribution in [-0.2, 0) is 52.1 Å². The molecule has 19 heteroatoms. The molecular weight excluding hydrogens is 736 g/mol. The fourth-order valence-corrected chi connectivity index (χ4v) is 5.72. The second-order valence-corrected chi connectivity index (χ2v) is 14.9. The van der Waals surface area contributed by atoms with Crippen LogP contribution in [0.5, 0.6) is 0 Å². The molecule has 2 rings (SSSR count). The van der Waals surface area contributed by atoms with Crippen molar-refractivity contribution >= 4 is 0 Å². The summed E-state index contributed by atoms with van der Waals surface area (Å²) in [7, 11) is 0. The van der Waals surface area contributed by atoms with Gasteiger partial charge in [-0.2, -0.15) is 0 Å². The Morgan fingerprint density at radius 2 is 0.636 bits per heavy atom. The summed E-state index contributed by atoms with van der Waals surface area (Å²) in [6, 6.07) is 0. The maximum atomic E-state index is 10.3. The molecule has 0 bridgehead atoms. The van der Waals surface area contributed by atoms with E-state index in [1.165, 1.54) is 41.5 Å². The van der Waals surface area contributed by atoms with E-state index in [0.717, 1.165) is 0 Å². The molecule has 2 aliphatic heterocycles. The van der Waals surface area contributed by atoms with E-state index in [1.54, 1.807) is 13.8 Å². The summed E-state index contributed by atoms with van der Waals surface area (Å²) in [6.45, 7) is 10.7. The van der Waals surface area contributed by atoms with E-state index in [4.69, 9.17) is 52.1 Å². The first-order valence-electron chi connectivity index (χ1n) is 19.1. The van der Waals surface area contributed by atoms with Crippen LogP contribution < -0.4 is 0 Å². The standard InChI is InChI=1S/C36H70O19/c1-19(37)9-45-17-27-29(47-11-21(3)39)31(48-12-22(4)40)34(51-15-25(7)43)36(54-27)55-30-28(18-46-10-20(2)38)53-35(52-16-26(8)44)33(50-14-24(6)42)32(30)49-13-23(5)41/h19-44H,9-18H2,1-8H3/t19?,20?,21?,22?,23?,24?,25?,26?,27-,28-,29-,30-,31+,32+,33-,34-,35-,36?/m1/s1. The lowest BCUT2D eigenvalue weighted by Crippen LogP contribution is -2.67. The molecule has 0 aromatic heterocycles. The van der Waals surface area contributed by atoms with Crippen LogP contribution in [0.1, 0.15) is 55.4 Å². The second kappa shape index (κ2) is 26.4. The first-order chi connectivity index (χ1) is 25.9. The molecule has 8 N–H and O–H groups in total. The summed E-state index contributed by atoms with van der Waals surface area (Å²) < 4.78 is 68.1. The van der Waals surface area contributed by atoms with Crippen LogP contribution in [0.3, 0.4) is 0 Å². The molecule has 0 spiro atoms. The molecule has 19 nitrogen and oxygen atoms in total. The molecule has 0 aliphatic carbocycles. The number of hydrogen-bond acceptors (Lipinski definition) is 19. The third-order valence-corrected chi connectivity index (χ3v) is 7.91. The third kappa shape index (κ3) is 19.2. The largest absolute Gasteiger partial charge is 0.391 e. The van der Waals surface area contributed by atoms with Crippen molar-refractivity contribution in [2.24, 2.45) is 0 Å². The summed E-state index contributed by atoms with van der Waals surface area (Å²) >= 11 is 0. The smallest absolute Gasteiger partial charge is 0.187 e. The van der Waals surface area contributed by atoms with Crippen molar-refractivity contribution < 1.29 is 93.0 Å². The van der Waals surface area contributed by atoms with Crippen molar-refractivity contribution in [2.75, 3.05) is 66.1 Å². The van der Waals surface area contributed by atoms with Crippen molar-refractivity contribution in [1.29, 1.82) is 0 Å². The minimum atomic E-state index is -1.39. The van der Waals surface area contributed by atoms with Crippen molar-refractivity contribution in [2.45, 2.75) is 166 Å². The molecule has 0 saturated carbocycles. The van der Waals surface area contributed by atoms with Gasteiger partial charge in [-0.3, -0.25) is 0 Å². The highest BCUT2D eigenvalue weighted by molar-refractivity contribution is 4.98. The van der Waals surface area contributed by atoms with Gasteiger partial charge in [0.05, 0.1) is 115 Å². The highest BCUT2D eigenvalue weighted by Gasteiger charge is 2.55. The van der Waals surface area contributed by atoms with Gasteiger partial charge in [0.15, 0.2) is 12.6 Å². The molecule has 2 heterocycles. The Bertz CT molecular complexity index is 969. The summed E-state index contributed by atoms with van der Waals surface area (Å²) in [6.07, 6.45) is -18.5. The van der Waals surface area contributed by atoms with Gasteiger partial charge in [-0.25, -0.2) is 0 Å². The monoisotopic (exact) mass is 806 g/mol. The van der Waals surface area contributed by atoms with Crippen LogP contribution in [0.2, 0.25) is 0 Å². The van der Waals surface area contributed by atoms with Crippen LogP contribution >= 0.6 is 0 Å². The van der Waals surface area contributed by atoms with Crippen LogP contribution in [0.15, 0.2) is 0 Å². The zero-order valence-corrected chi connectivity index (χ0v) is 33.5. The molecule has 0 amide bonds. The number of ether oxygens (including phenoxy) is 11. The minimum Gasteiger partial charge on any atom is -0.391 e. The van der Waals surface area contributed by atoms with E-state index in [1.807, 2.05) is 0 Å². The summed E-state index contributed by atoms with van der Waals surface area (Å²) in [4.78, 5) is 0. The lowest BCUT2D eigenvalue weighted by molar-refractivity contribution is -0.377. The molecule has 18 atom stereocenters. The van der Waals surface area contributed by atoms with Crippen LogP contribution in [0, 0.1) is 0 Å². The Morgan fingerprint density at radius 3 is 1.04 bits per heavy atom. The molecule has 0 radical (unpaired) electrons. The lowest BCUT2D eigenvalue weighted by Gasteiger charge is -2.50. The first-order valence-corrected chi connectivity index (χ1v) is 19.1. The van der Waals surface area contributed by atoms with Gasteiger partial charge in [0.1, 0.15) is 48.8 Å². The molecule has 9 unspecified atom stereocenters. The van der Waals surface area contributed by atoms with E-state index in [-0.39, 0.29) is 66.1 Å². The number of hydrogen-bond donors (Lipinski definition) is 8. The Morgan fingerprint density at radius 1 is 0.345 bits per heavy atom. The van der Waals surface area contributed by atoms with E-state index in [9.17, 15) is 40.9 Å². The van der Waals surface area contributed by atoms with Gasteiger partial charge in [0.25, 0.3) is 0 Å². The maximum Gasteiger partial charge on any atom is 0.187 e. The first kappa shape index (κ1) is 50.4. The Balaban J connectivity index is 2.73. The van der Waals surface area contributed by atoms with Crippen molar-refractivity contribution in [3.05, 3.63) is 0 Å². The number of rotatable bonds is 28. The van der Waals surface area contributed by atoms with Crippen LogP contribution in [-0.4, -0.2) is 217 Å². The van der Waals surface area contributed by atoms with Gasteiger partial charge in [-0.05, 0) is 55.4 Å². The van der Waals surface area contributed by atoms with E-state index >= 15 is 0 Å². The average Bonchev–Trinajstić information content (AvgIpc) is 3.07. The predicted molar refractivity (Wildman–Crippen MR) is 192 cm³/mol. The van der Waals surface area contributed by atoms with E-state index in [0.29, 0.717) is 0 Å². The Labute approximate surface area is 324 Å². The Hall–Kier alpha value is -0.760. The molecule has 55 heavy (non-hydrogen) atoms. The van der Waals surface area contributed by atoms with Crippen molar-refractivity contribution in [3.8, 4) is 0 Å². The Kier molecular flexibility index (Phi) is 24.1. The number of aliphatic hydroxyl groups excluding tert-OH is 8. The van der Waals surface area contributed by atoms with Gasteiger partial charge >= 0.3 is 0 Å². The van der Waals surface area contributed by atoms with Gasteiger partial charge < -0.3 is 93.0 Å². The summed E-state index contributed by atoms with van der Waals surface area (Å²) in [5, 5.41) is 81.2. The van der Waals surface area contributed by atoms with Crippen LogP contribution in [0.4, 0.5) is 0 Å². The van der Waals surface area contributed by atoms with Gasteiger partial charge in [-0.1, -0.05) is 0 Å². The maximum absolute atomic E-state index is 10.3. The fourth-order valence-electron chi connectivity index (χ4n) is 5.72. The summed E-state index contributed by atoms with van der Waals surface area (Å²) in [5.41, 5.74) is 0. The lowest BCUT2D eigenvalue weighted by atomic mass is 9.95. The highest BCUT2D eigenvalue weighted by atomic mass is 16.8. The van der Waals surface area contributed by atoms with Gasteiger partial charge in [0.2, 0.25) is 0 Å². The molecule has 2 saturated heterocycles. The van der Waals surface area contributed by atoms with Gasteiger partial charge in [-0.15, -0.1) is 0 Å². The molecule has 2 aliphatic rings. The van der Waals surface area contributed by atoms with Gasteiger partial charge in [0, 0.05) is 0 Å². The zero-order valence-electron chi connectivity index (χ0n) is 33.5. The molecule has 328 valence electrons. The molecule has 0 aromatic rings. The summed E-state index contributed by atoms with van der Waals surface area (Å²) in [5.74, 6) is 0. The van der Waals surface area contributed by atoms with E-state index < -0.39 is 110 Å². The predicted octanol–water partition coefficient (Wildman–Crippen LogP) is -2.16. The van der Waals surface area contributed by atoms with E-state index in [2.05, 4.69) is 0 Å². The number of aliphatic hydroxyl groups is 8. The highest BCUT2D eigenvalue weighted by Crippen LogP contribution is 2.35. The molecule has 2 fully saturated rings. The quantitative estimate of drug-likeness (QED) is 0.0419. The second-order valence-electron chi connectivity index (χ2n) is 14.9. The SMILES string of the molecule is CC(O)COC[C@H]1O[C@@H](OCC(C)O)[C@H](OCC(C)O)[C@@H](OCC(C)O)[C@@H]1OC1O[C@H](COCC(C)O)[C@@H](OCC(C)O)[C@H](OCC(C)O)[C@H]1OCC(C)O. The average molecular weight is 807 g/mol.